The molecule has 0 radical (unpaired) electrons. The lowest BCUT2D eigenvalue weighted by Crippen LogP contribution is -2.22. The molecule has 0 saturated heterocycles. The summed E-state index contributed by atoms with van der Waals surface area (Å²) in [6.07, 6.45) is 0.842. The number of aryl methyl sites for hydroxylation is 3. The molecule has 0 aliphatic rings. The van der Waals surface area contributed by atoms with E-state index in [9.17, 15) is 4.79 Å². The molecule has 0 saturated carbocycles. The van der Waals surface area contributed by atoms with E-state index in [1.165, 1.54) is 20.7 Å². The second kappa shape index (κ2) is 6.37. The fourth-order valence-corrected chi connectivity index (χ4v) is 3.40. The summed E-state index contributed by atoms with van der Waals surface area (Å²) in [6, 6.07) is 5.71. The van der Waals surface area contributed by atoms with Crippen LogP contribution < -0.4 is 10.4 Å². The zero-order valence-corrected chi connectivity index (χ0v) is 14.1. The van der Waals surface area contributed by atoms with E-state index < -0.39 is 0 Å². The van der Waals surface area contributed by atoms with Crippen molar-refractivity contribution in [2.75, 3.05) is 0 Å². The summed E-state index contributed by atoms with van der Waals surface area (Å²) in [5, 5.41) is 10.5. The molecule has 0 amide bonds. The molecule has 7 heteroatoms. The Morgan fingerprint density at radius 3 is 2.87 bits per heavy atom. The molecular weight excluding hydrogens is 312 g/mol. The molecule has 2 aromatic heterocycles. The van der Waals surface area contributed by atoms with Gasteiger partial charge in [0.25, 0.3) is 0 Å². The zero-order chi connectivity index (χ0) is 17.3. The number of rotatable bonds is 5. The Hall–Kier alpha value is -2.41. The van der Waals surface area contributed by atoms with Crippen LogP contribution in [0.4, 0.5) is 0 Å². The van der Waals surface area contributed by atoms with Crippen LogP contribution in [-0.2, 0) is 20.1 Å². The maximum Gasteiger partial charge on any atom is 0.368 e. The van der Waals surface area contributed by atoms with E-state index in [0.717, 1.165) is 33.9 Å². The quantitative estimate of drug-likeness (QED) is 0.720. The van der Waals surface area contributed by atoms with Gasteiger partial charge in [-0.1, -0.05) is 25.1 Å². The van der Waals surface area contributed by atoms with Gasteiger partial charge in [0, 0.05) is 12.6 Å². The van der Waals surface area contributed by atoms with Crippen LogP contribution in [0.15, 0.2) is 34.4 Å². The minimum absolute atomic E-state index is 0.282. The van der Waals surface area contributed by atoms with E-state index in [0.29, 0.717) is 12.6 Å². The summed E-state index contributed by atoms with van der Waals surface area (Å²) < 4.78 is 16.1. The molecule has 3 aromatic rings. The second-order valence-corrected chi connectivity index (χ2v) is 6.03. The van der Waals surface area contributed by atoms with Gasteiger partial charge in [-0.05, 0) is 46.3 Å². The van der Waals surface area contributed by atoms with E-state index in [1.54, 1.807) is 25.2 Å². The fourth-order valence-electron chi connectivity index (χ4n) is 2.29. The first kappa shape index (κ1) is 14.2. The van der Waals surface area contributed by atoms with Crippen molar-refractivity contribution < 1.29 is 6.11 Å². The zero-order valence-electron chi connectivity index (χ0n) is 14.2. The van der Waals surface area contributed by atoms with Crippen LogP contribution in [0, 0.1) is 6.92 Å². The van der Waals surface area contributed by atoms with Crippen molar-refractivity contribution in [1.29, 1.82) is 0 Å². The molecule has 120 valence electrons. The van der Waals surface area contributed by atoms with Gasteiger partial charge in [0.05, 0.1) is 1.37 Å². The number of benzene rings is 1. The van der Waals surface area contributed by atoms with Gasteiger partial charge >= 0.3 is 5.69 Å². The van der Waals surface area contributed by atoms with Crippen LogP contribution in [0.3, 0.4) is 0 Å². The van der Waals surface area contributed by atoms with Crippen LogP contribution in [0.2, 0.25) is 0 Å². The molecule has 0 spiro atoms. The molecule has 23 heavy (non-hydrogen) atoms. The molecule has 0 N–H and O–H groups in total. The number of aromatic nitrogens is 4. The number of para-hydroxylation sites is 1. The SMILES string of the molecule is [3H]c1ccc(OCc2c(CC)csc2-n2nnn(C)c2=O)c(C)c1. The predicted molar refractivity (Wildman–Crippen MR) is 89.4 cm³/mol. The maximum atomic E-state index is 12.1. The largest absolute Gasteiger partial charge is 0.489 e. The van der Waals surface area contributed by atoms with Gasteiger partial charge in [-0.25, -0.2) is 4.79 Å². The molecule has 0 bridgehead atoms. The Morgan fingerprint density at radius 2 is 2.22 bits per heavy atom. The average Bonchev–Trinajstić information content (AvgIpc) is 3.10. The third kappa shape index (κ3) is 2.92. The third-order valence-corrected chi connectivity index (χ3v) is 4.69. The molecular formula is C16H18N4O2S. The molecule has 3 rings (SSSR count). The first-order valence-electron chi connectivity index (χ1n) is 7.80. The molecule has 0 aliphatic carbocycles. The number of tetrazole rings is 1. The van der Waals surface area contributed by atoms with Crippen molar-refractivity contribution in [3.05, 3.63) is 56.8 Å². The van der Waals surface area contributed by atoms with Crippen LogP contribution in [-0.4, -0.2) is 19.8 Å². The van der Waals surface area contributed by atoms with Crippen molar-refractivity contribution in [3.8, 4) is 10.8 Å². The number of hydrogen-bond donors (Lipinski definition) is 0. The predicted octanol–water partition coefficient (Wildman–Crippen LogP) is 2.48. The molecule has 0 fully saturated rings. The van der Waals surface area contributed by atoms with E-state index in [2.05, 4.69) is 17.4 Å². The van der Waals surface area contributed by atoms with E-state index >= 15 is 0 Å². The Labute approximate surface area is 139 Å². The van der Waals surface area contributed by atoms with Crippen LogP contribution in [0.1, 0.15) is 25.0 Å². The first-order valence-corrected chi connectivity index (χ1v) is 8.18. The standard InChI is InChI=1S/C16H18N4O2S/c1-4-12-10-23-15(20-16(21)19(3)17-18-20)13(12)9-22-14-8-6-5-7-11(14)2/h5-8,10H,4,9H2,1-3H3/i5T. The van der Waals surface area contributed by atoms with Crippen molar-refractivity contribution in [2.24, 2.45) is 7.05 Å². The Balaban J connectivity index is 1.94. The van der Waals surface area contributed by atoms with Crippen molar-refractivity contribution in [2.45, 2.75) is 26.9 Å². The Bertz CT molecular complexity index is 929. The van der Waals surface area contributed by atoms with Gasteiger partial charge in [0.15, 0.2) is 0 Å². The smallest absolute Gasteiger partial charge is 0.368 e. The van der Waals surface area contributed by atoms with Gasteiger partial charge in [0.1, 0.15) is 17.4 Å². The lowest BCUT2D eigenvalue weighted by Gasteiger charge is -2.10. The monoisotopic (exact) mass is 332 g/mol. The summed E-state index contributed by atoms with van der Waals surface area (Å²) in [7, 11) is 1.57. The summed E-state index contributed by atoms with van der Waals surface area (Å²) in [5.41, 5.74) is 2.70. The highest BCUT2D eigenvalue weighted by Gasteiger charge is 2.17. The summed E-state index contributed by atoms with van der Waals surface area (Å²) in [4.78, 5) is 12.1. The van der Waals surface area contributed by atoms with Gasteiger partial charge in [-0.15, -0.1) is 16.0 Å². The summed E-state index contributed by atoms with van der Waals surface area (Å²) in [6.45, 7) is 4.31. The fraction of sp³-hybridized carbons (Fsp3) is 0.312. The van der Waals surface area contributed by atoms with Gasteiger partial charge in [-0.2, -0.15) is 4.68 Å². The summed E-state index contributed by atoms with van der Waals surface area (Å²) in [5.74, 6) is 0.733. The van der Waals surface area contributed by atoms with E-state index in [1.807, 2.05) is 12.3 Å². The highest BCUT2D eigenvalue weighted by molar-refractivity contribution is 7.12. The van der Waals surface area contributed by atoms with Crippen LogP contribution >= 0.6 is 11.3 Å². The van der Waals surface area contributed by atoms with Crippen LogP contribution in [0.5, 0.6) is 5.75 Å². The molecule has 0 aliphatic heterocycles. The lowest BCUT2D eigenvalue weighted by molar-refractivity contribution is 0.303. The topological polar surface area (TPSA) is 61.9 Å². The molecule has 0 atom stereocenters. The van der Waals surface area contributed by atoms with E-state index in [-0.39, 0.29) is 5.69 Å². The number of thiophene rings is 1. The molecule has 0 unspecified atom stereocenters. The van der Waals surface area contributed by atoms with E-state index in [4.69, 9.17) is 6.11 Å². The maximum absolute atomic E-state index is 12.1. The highest BCUT2D eigenvalue weighted by Crippen LogP contribution is 2.28. The van der Waals surface area contributed by atoms with Crippen molar-refractivity contribution in [3.63, 3.8) is 0 Å². The molecule has 1 aromatic carbocycles. The Morgan fingerprint density at radius 1 is 1.39 bits per heavy atom. The summed E-state index contributed by atoms with van der Waals surface area (Å²) >= 11 is 1.46. The minimum Gasteiger partial charge on any atom is -0.489 e. The lowest BCUT2D eigenvalue weighted by atomic mass is 10.1. The Kier molecular flexibility index (Phi) is 3.94. The van der Waals surface area contributed by atoms with Gasteiger partial charge in [0.2, 0.25) is 0 Å². The van der Waals surface area contributed by atoms with Crippen LogP contribution in [0.25, 0.3) is 5.00 Å². The van der Waals surface area contributed by atoms with Crippen molar-refractivity contribution in [1.82, 2.24) is 19.8 Å². The van der Waals surface area contributed by atoms with Gasteiger partial charge in [-0.3, -0.25) is 0 Å². The number of nitrogens with zero attached hydrogens (tertiary/aromatic N) is 4. The minimum atomic E-state index is -0.282. The number of ether oxygens (including phenoxy) is 1. The second-order valence-electron chi connectivity index (χ2n) is 5.18. The molecule has 2 heterocycles. The number of hydrogen-bond acceptors (Lipinski definition) is 5. The molecule has 6 nitrogen and oxygen atoms in total. The third-order valence-electron chi connectivity index (χ3n) is 3.64. The van der Waals surface area contributed by atoms with Crippen molar-refractivity contribution >= 4 is 11.3 Å². The normalized spacial score (nSPS) is 11.5. The van der Waals surface area contributed by atoms with Gasteiger partial charge < -0.3 is 4.74 Å². The average molecular weight is 332 g/mol. The highest BCUT2D eigenvalue weighted by atomic mass is 32.1. The first-order chi connectivity index (χ1) is 11.5.